The average Bonchev–Trinajstić information content (AvgIpc) is 2.53. The predicted molar refractivity (Wildman–Crippen MR) is 89.7 cm³/mol. The third-order valence-corrected chi connectivity index (χ3v) is 5.34. The van der Waals surface area contributed by atoms with Gasteiger partial charge < -0.3 is 14.0 Å². The SMILES string of the molecule is CC(C)(C)[S@@+]([O-])N[C@H](CCC1OCCCO1)c1cc(F)ccc1F. The minimum atomic E-state index is -1.41. The molecule has 1 heterocycles. The Labute approximate surface area is 145 Å². The molecule has 0 spiro atoms. The third kappa shape index (κ3) is 5.67. The first kappa shape index (κ1) is 19.6. The van der Waals surface area contributed by atoms with Crippen LogP contribution in [-0.4, -0.2) is 28.8 Å². The highest BCUT2D eigenvalue weighted by molar-refractivity contribution is 7.90. The van der Waals surface area contributed by atoms with Crippen molar-refractivity contribution in [2.45, 2.75) is 57.1 Å². The van der Waals surface area contributed by atoms with Gasteiger partial charge in [0, 0.05) is 23.3 Å². The van der Waals surface area contributed by atoms with Gasteiger partial charge in [-0.15, -0.1) is 4.72 Å². The minimum Gasteiger partial charge on any atom is -0.598 e. The van der Waals surface area contributed by atoms with E-state index in [2.05, 4.69) is 4.72 Å². The van der Waals surface area contributed by atoms with Gasteiger partial charge in [0.05, 0.1) is 19.3 Å². The molecule has 0 bridgehead atoms. The van der Waals surface area contributed by atoms with Crippen molar-refractivity contribution in [1.82, 2.24) is 4.72 Å². The van der Waals surface area contributed by atoms with Gasteiger partial charge in [0.15, 0.2) is 6.29 Å². The fourth-order valence-corrected chi connectivity index (χ4v) is 3.23. The molecule has 1 aromatic carbocycles. The summed E-state index contributed by atoms with van der Waals surface area (Å²) in [6, 6.07) is 2.72. The first-order valence-corrected chi connectivity index (χ1v) is 9.28. The van der Waals surface area contributed by atoms with Crippen LogP contribution in [0.4, 0.5) is 8.78 Å². The molecule has 2 atom stereocenters. The quantitative estimate of drug-likeness (QED) is 0.787. The molecule has 1 aliphatic heterocycles. The lowest BCUT2D eigenvalue weighted by atomic mass is 10.0. The van der Waals surface area contributed by atoms with Gasteiger partial charge in [0.2, 0.25) is 0 Å². The number of ether oxygens (including phenoxy) is 2. The second kappa shape index (κ2) is 8.58. The number of hydrogen-bond acceptors (Lipinski definition) is 4. The monoisotopic (exact) mass is 361 g/mol. The molecule has 7 heteroatoms. The predicted octanol–water partition coefficient (Wildman–Crippen LogP) is 3.60. The molecule has 1 fully saturated rings. The standard InChI is InChI=1S/C17H25F2NO3S/c1-17(2,3)24(21)20-15(7-8-16-22-9-4-10-23-16)13-11-12(18)5-6-14(13)19/h5-6,11,15-16,20H,4,7-10H2,1-3H3/t15-,24-/m1/s1. The maximum atomic E-state index is 14.2. The van der Waals surface area contributed by atoms with E-state index >= 15 is 0 Å². The van der Waals surface area contributed by atoms with Crippen LogP contribution < -0.4 is 4.72 Å². The highest BCUT2D eigenvalue weighted by Gasteiger charge is 2.31. The van der Waals surface area contributed by atoms with Crippen molar-refractivity contribution in [2.75, 3.05) is 13.2 Å². The van der Waals surface area contributed by atoms with Crippen molar-refractivity contribution in [3.05, 3.63) is 35.4 Å². The molecule has 1 aromatic rings. The Hall–Kier alpha value is -0.730. The summed E-state index contributed by atoms with van der Waals surface area (Å²) in [7, 11) is 0. The molecule has 0 saturated carbocycles. The van der Waals surface area contributed by atoms with Crippen LogP contribution in [0.3, 0.4) is 0 Å². The van der Waals surface area contributed by atoms with Crippen molar-refractivity contribution >= 4 is 11.4 Å². The van der Waals surface area contributed by atoms with Crippen LogP contribution >= 0.6 is 0 Å². The molecule has 136 valence electrons. The van der Waals surface area contributed by atoms with E-state index in [1.165, 1.54) is 0 Å². The summed E-state index contributed by atoms with van der Waals surface area (Å²) in [5, 5.41) is 0. The van der Waals surface area contributed by atoms with Crippen LogP contribution in [-0.2, 0) is 20.8 Å². The molecule has 0 radical (unpaired) electrons. The van der Waals surface area contributed by atoms with Crippen LogP contribution in [0.15, 0.2) is 18.2 Å². The number of rotatable bonds is 6. The molecule has 0 aliphatic carbocycles. The first-order valence-electron chi connectivity index (χ1n) is 8.13. The largest absolute Gasteiger partial charge is 0.598 e. The fraction of sp³-hybridized carbons (Fsp3) is 0.647. The summed E-state index contributed by atoms with van der Waals surface area (Å²) in [5.74, 6) is -1.05. The Balaban J connectivity index is 2.12. The Morgan fingerprint density at radius 1 is 1.29 bits per heavy atom. The van der Waals surface area contributed by atoms with E-state index in [-0.39, 0.29) is 11.9 Å². The van der Waals surface area contributed by atoms with Gasteiger partial charge in [-0.3, -0.25) is 0 Å². The van der Waals surface area contributed by atoms with Gasteiger partial charge in [-0.25, -0.2) is 8.78 Å². The lowest BCUT2D eigenvalue weighted by Gasteiger charge is -2.30. The third-order valence-electron chi connectivity index (χ3n) is 3.73. The highest BCUT2D eigenvalue weighted by atomic mass is 32.2. The zero-order valence-corrected chi connectivity index (χ0v) is 15.1. The summed E-state index contributed by atoms with van der Waals surface area (Å²) in [6.45, 7) is 6.73. The zero-order chi connectivity index (χ0) is 17.7. The molecule has 0 aromatic heterocycles. The normalized spacial score (nSPS) is 19.2. The maximum absolute atomic E-state index is 14.2. The minimum absolute atomic E-state index is 0.170. The van der Waals surface area contributed by atoms with E-state index in [1.54, 1.807) is 0 Å². The van der Waals surface area contributed by atoms with E-state index in [0.29, 0.717) is 26.1 Å². The van der Waals surface area contributed by atoms with Gasteiger partial charge in [0.1, 0.15) is 16.4 Å². The van der Waals surface area contributed by atoms with Crippen molar-refractivity contribution in [1.29, 1.82) is 0 Å². The van der Waals surface area contributed by atoms with E-state index < -0.39 is 33.8 Å². The summed E-state index contributed by atoms with van der Waals surface area (Å²) in [6.07, 6.45) is 1.43. The first-order chi connectivity index (χ1) is 11.3. The molecule has 1 aliphatic rings. The van der Waals surface area contributed by atoms with E-state index in [0.717, 1.165) is 24.6 Å². The van der Waals surface area contributed by atoms with Crippen molar-refractivity contribution in [3.63, 3.8) is 0 Å². The molecule has 1 N–H and O–H groups in total. The Morgan fingerprint density at radius 3 is 2.58 bits per heavy atom. The summed E-state index contributed by atoms with van der Waals surface area (Å²) < 4.78 is 53.5. The Morgan fingerprint density at radius 2 is 1.96 bits per heavy atom. The Bertz CT molecular complexity index is 533. The van der Waals surface area contributed by atoms with Crippen LogP contribution in [0, 0.1) is 11.6 Å². The fourth-order valence-electron chi connectivity index (χ4n) is 2.37. The average molecular weight is 361 g/mol. The molecular formula is C17H25F2NO3S. The summed E-state index contributed by atoms with van der Waals surface area (Å²) in [5.41, 5.74) is 0.170. The number of halogens is 2. The van der Waals surface area contributed by atoms with E-state index in [1.807, 2.05) is 20.8 Å². The highest BCUT2D eigenvalue weighted by Crippen LogP contribution is 2.27. The lowest BCUT2D eigenvalue weighted by molar-refractivity contribution is -0.182. The molecule has 2 rings (SSSR count). The molecule has 4 nitrogen and oxygen atoms in total. The molecule has 0 unspecified atom stereocenters. The maximum Gasteiger partial charge on any atom is 0.157 e. The summed E-state index contributed by atoms with van der Waals surface area (Å²) in [4.78, 5) is 0. The van der Waals surface area contributed by atoms with Gasteiger partial charge in [0.25, 0.3) is 0 Å². The van der Waals surface area contributed by atoms with Crippen molar-refractivity contribution in [3.8, 4) is 0 Å². The van der Waals surface area contributed by atoms with Crippen LogP contribution in [0.5, 0.6) is 0 Å². The van der Waals surface area contributed by atoms with Gasteiger partial charge in [-0.05, 0) is 51.8 Å². The van der Waals surface area contributed by atoms with Gasteiger partial charge in [-0.2, -0.15) is 0 Å². The van der Waals surface area contributed by atoms with Gasteiger partial charge in [-0.1, -0.05) is 0 Å². The zero-order valence-electron chi connectivity index (χ0n) is 14.3. The second-order valence-corrected chi connectivity index (χ2v) is 8.82. The Kier molecular flexibility index (Phi) is 7.00. The second-order valence-electron chi connectivity index (χ2n) is 6.82. The molecule has 0 amide bonds. The van der Waals surface area contributed by atoms with Crippen LogP contribution in [0.2, 0.25) is 0 Å². The van der Waals surface area contributed by atoms with Gasteiger partial charge >= 0.3 is 0 Å². The topological polar surface area (TPSA) is 53.5 Å². The van der Waals surface area contributed by atoms with E-state index in [4.69, 9.17) is 9.47 Å². The van der Waals surface area contributed by atoms with E-state index in [9.17, 15) is 13.3 Å². The van der Waals surface area contributed by atoms with Crippen LogP contribution in [0.25, 0.3) is 0 Å². The molecular weight excluding hydrogens is 336 g/mol. The number of hydrogen-bond donors (Lipinski definition) is 1. The smallest absolute Gasteiger partial charge is 0.157 e. The van der Waals surface area contributed by atoms with Crippen molar-refractivity contribution in [2.24, 2.45) is 0 Å². The molecule has 24 heavy (non-hydrogen) atoms. The molecule has 1 saturated heterocycles. The summed E-state index contributed by atoms with van der Waals surface area (Å²) >= 11 is -1.41. The van der Waals surface area contributed by atoms with Crippen LogP contribution in [0.1, 0.15) is 51.6 Å². The number of nitrogens with one attached hydrogen (secondary N) is 1. The lowest BCUT2D eigenvalue weighted by Crippen LogP contribution is -2.42. The number of benzene rings is 1. The van der Waals surface area contributed by atoms with Crippen molar-refractivity contribution < 1.29 is 22.8 Å².